The van der Waals surface area contributed by atoms with Crippen molar-refractivity contribution >= 4 is 11.0 Å². The molecule has 0 aliphatic carbocycles. The van der Waals surface area contributed by atoms with E-state index in [-0.39, 0.29) is 5.63 Å². The molecule has 78 valence electrons. The van der Waals surface area contributed by atoms with Crippen molar-refractivity contribution in [1.29, 1.82) is 0 Å². The zero-order chi connectivity index (χ0) is 10.7. The molecule has 1 aromatic carbocycles. The fourth-order valence-electron chi connectivity index (χ4n) is 1.31. The van der Waals surface area contributed by atoms with Crippen molar-refractivity contribution in [2.75, 3.05) is 13.2 Å². The maximum absolute atomic E-state index is 11.0. The summed E-state index contributed by atoms with van der Waals surface area (Å²) in [6, 6.07) is 8.45. The summed E-state index contributed by atoms with van der Waals surface area (Å²) < 4.78 is 10.3. The molecule has 2 rings (SSSR count). The van der Waals surface area contributed by atoms with E-state index >= 15 is 0 Å². The molecule has 0 radical (unpaired) electrons. The van der Waals surface area contributed by atoms with Crippen LogP contribution < -0.4 is 16.1 Å². The van der Waals surface area contributed by atoms with Gasteiger partial charge < -0.3 is 14.9 Å². The minimum absolute atomic E-state index is 0.363. The molecule has 2 N–H and O–H groups in total. The Labute approximate surface area is 86.3 Å². The largest absolute Gasteiger partial charge is 0.492 e. The van der Waals surface area contributed by atoms with E-state index in [9.17, 15) is 4.79 Å². The molecular formula is C11H11NO3. The van der Waals surface area contributed by atoms with Crippen LogP contribution in [0.3, 0.4) is 0 Å². The highest BCUT2D eigenvalue weighted by molar-refractivity contribution is 5.77. The second kappa shape index (κ2) is 4.14. The summed E-state index contributed by atoms with van der Waals surface area (Å²) >= 11 is 0. The topological polar surface area (TPSA) is 65.5 Å². The lowest BCUT2D eigenvalue weighted by Gasteiger charge is -2.04. The van der Waals surface area contributed by atoms with Crippen LogP contribution in [0.5, 0.6) is 5.75 Å². The number of nitrogens with two attached hydrogens (primary N) is 1. The highest BCUT2D eigenvalue weighted by Crippen LogP contribution is 2.19. The van der Waals surface area contributed by atoms with E-state index in [0.717, 1.165) is 5.39 Å². The third-order valence-electron chi connectivity index (χ3n) is 1.98. The van der Waals surface area contributed by atoms with E-state index in [4.69, 9.17) is 14.9 Å². The molecule has 15 heavy (non-hydrogen) atoms. The van der Waals surface area contributed by atoms with Gasteiger partial charge in [0.25, 0.3) is 0 Å². The zero-order valence-corrected chi connectivity index (χ0v) is 8.10. The lowest BCUT2D eigenvalue weighted by atomic mass is 10.2. The Hall–Kier alpha value is -1.81. The van der Waals surface area contributed by atoms with Gasteiger partial charge in [-0.05, 0) is 18.2 Å². The van der Waals surface area contributed by atoms with Gasteiger partial charge in [-0.3, -0.25) is 0 Å². The molecule has 0 saturated carbocycles. The van der Waals surface area contributed by atoms with Crippen LogP contribution in [0.25, 0.3) is 11.0 Å². The zero-order valence-electron chi connectivity index (χ0n) is 8.10. The van der Waals surface area contributed by atoms with Gasteiger partial charge in [0.15, 0.2) is 0 Å². The summed E-state index contributed by atoms with van der Waals surface area (Å²) in [5.74, 6) is 0.655. The van der Waals surface area contributed by atoms with Gasteiger partial charge in [0, 0.05) is 24.1 Å². The fourth-order valence-corrected chi connectivity index (χ4v) is 1.31. The maximum Gasteiger partial charge on any atom is 0.336 e. The first kappa shape index (κ1) is 9.73. The van der Waals surface area contributed by atoms with Crippen LogP contribution in [0.4, 0.5) is 0 Å². The molecular weight excluding hydrogens is 194 g/mol. The predicted octanol–water partition coefficient (Wildman–Crippen LogP) is 1.13. The van der Waals surface area contributed by atoms with Gasteiger partial charge >= 0.3 is 5.63 Å². The number of hydrogen-bond acceptors (Lipinski definition) is 4. The molecule has 0 spiro atoms. The van der Waals surface area contributed by atoms with Crippen molar-refractivity contribution in [3.63, 3.8) is 0 Å². The Morgan fingerprint density at radius 3 is 2.87 bits per heavy atom. The second-order valence-corrected chi connectivity index (χ2v) is 3.09. The first-order valence-electron chi connectivity index (χ1n) is 4.66. The van der Waals surface area contributed by atoms with Crippen molar-refractivity contribution < 1.29 is 9.15 Å². The predicted molar refractivity (Wildman–Crippen MR) is 57.0 cm³/mol. The summed E-state index contributed by atoms with van der Waals surface area (Å²) in [5.41, 5.74) is 5.48. The van der Waals surface area contributed by atoms with Crippen LogP contribution in [0.2, 0.25) is 0 Å². The van der Waals surface area contributed by atoms with E-state index in [2.05, 4.69) is 0 Å². The summed E-state index contributed by atoms with van der Waals surface area (Å²) in [6.07, 6.45) is 0. The minimum atomic E-state index is -0.363. The fraction of sp³-hybridized carbons (Fsp3) is 0.182. The standard InChI is InChI=1S/C11H11NO3/c12-5-6-14-9-3-1-8-2-4-11(13)15-10(8)7-9/h1-4,7H,5-6,12H2. The van der Waals surface area contributed by atoms with Gasteiger partial charge in [0.2, 0.25) is 0 Å². The molecule has 0 fully saturated rings. The van der Waals surface area contributed by atoms with Gasteiger partial charge in [-0.2, -0.15) is 0 Å². The first-order valence-corrected chi connectivity index (χ1v) is 4.66. The third-order valence-corrected chi connectivity index (χ3v) is 1.98. The van der Waals surface area contributed by atoms with Crippen LogP contribution in [-0.4, -0.2) is 13.2 Å². The van der Waals surface area contributed by atoms with Crippen molar-refractivity contribution in [2.24, 2.45) is 5.73 Å². The number of fused-ring (bicyclic) bond motifs is 1. The van der Waals surface area contributed by atoms with E-state index in [1.54, 1.807) is 12.1 Å². The van der Waals surface area contributed by atoms with Crippen LogP contribution in [0.1, 0.15) is 0 Å². The average molecular weight is 205 g/mol. The summed E-state index contributed by atoms with van der Waals surface area (Å²) in [6.45, 7) is 0.902. The molecule has 0 saturated heterocycles. The second-order valence-electron chi connectivity index (χ2n) is 3.09. The molecule has 0 unspecified atom stereocenters. The summed E-state index contributed by atoms with van der Waals surface area (Å²) in [7, 11) is 0. The van der Waals surface area contributed by atoms with Gasteiger partial charge in [0.05, 0.1) is 0 Å². The Balaban J connectivity index is 2.40. The van der Waals surface area contributed by atoms with E-state index in [1.807, 2.05) is 12.1 Å². The molecule has 2 aromatic rings. The molecule has 0 amide bonds. The van der Waals surface area contributed by atoms with E-state index in [1.165, 1.54) is 6.07 Å². The minimum Gasteiger partial charge on any atom is -0.492 e. The van der Waals surface area contributed by atoms with Crippen LogP contribution in [0, 0.1) is 0 Å². The highest BCUT2D eigenvalue weighted by atomic mass is 16.5. The smallest absolute Gasteiger partial charge is 0.336 e. The molecule has 0 aliphatic heterocycles. The molecule has 4 heteroatoms. The highest BCUT2D eigenvalue weighted by Gasteiger charge is 1.99. The molecule has 4 nitrogen and oxygen atoms in total. The van der Waals surface area contributed by atoms with Gasteiger partial charge in [-0.25, -0.2) is 4.79 Å². The van der Waals surface area contributed by atoms with Crippen molar-refractivity contribution in [3.8, 4) is 5.75 Å². The molecule has 1 aromatic heterocycles. The SMILES string of the molecule is NCCOc1ccc2ccc(=O)oc2c1. The van der Waals surface area contributed by atoms with Crippen LogP contribution >= 0.6 is 0 Å². The average Bonchev–Trinajstić information content (AvgIpc) is 2.25. The molecule has 0 bridgehead atoms. The molecule has 1 heterocycles. The Morgan fingerprint density at radius 2 is 2.07 bits per heavy atom. The lowest BCUT2D eigenvalue weighted by Crippen LogP contribution is -2.10. The quantitative estimate of drug-likeness (QED) is 0.763. The normalized spacial score (nSPS) is 10.5. The third kappa shape index (κ3) is 2.16. The van der Waals surface area contributed by atoms with Crippen LogP contribution in [0.15, 0.2) is 39.5 Å². The molecule has 0 atom stereocenters. The molecule has 0 aliphatic rings. The Bertz CT molecular complexity index is 518. The maximum atomic E-state index is 11.0. The van der Waals surface area contributed by atoms with Crippen molar-refractivity contribution in [3.05, 3.63) is 40.8 Å². The van der Waals surface area contributed by atoms with Crippen LogP contribution in [-0.2, 0) is 0 Å². The van der Waals surface area contributed by atoms with Gasteiger partial charge in [-0.15, -0.1) is 0 Å². The van der Waals surface area contributed by atoms with Gasteiger partial charge in [0.1, 0.15) is 17.9 Å². The number of hydrogen-bond donors (Lipinski definition) is 1. The van der Waals surface area contributed by atoms with E-state index in [0.29, 0.717) is 24.5 Å². The van der Waals surface area contributed by atoms with Crippen molar-refractivity contribution in [1.82, 2.24) is 0 Å². The number of rotatable bonds is 3. The summed E-state index contributed by atoms with van der Waals surface area (Å²) in [5, 5.41) is 0.870. The summed E-state index contributed by atoms with van der Waals surface area (Å²) in [4.78, 5) is 11.0. The van der Waals surface area contributed by atoms with E-state index < -0.39 is 0 Å². The van der Waals surface area contributed by atoms with Gasteiger partial charge in [-0.1, -0.05) is 0 Å². The Kier molecular flexibility index (Phi) is 2.69. The Morgan fingerprint density at radius 1 is 1.27 bits per heavy atom. The first-order chi connectivity index (χ1) is 7.29. The van der Waals surface area contributed by atoms with Crippen molar-refractivity contribution in [2.45, 2.75) is 0 Å². The number of ether oxygens (including phenoxy) is 1. The monoisotopic (exact) mass is 205 g/mol. The number of benzene rings is 1. The lowest BCUT2D eigenvalue weighted by molar-refractivity contribution is 0.328.